The van der Waals surface area contributed by atoms with Crippen molar-refractivity contribution < 1.29 is 9.53 Å². The predicted molar refractivity (Wildman–Crippen MR) is 67.9 cm³/mol. The number of fused-ring (bicyclic) bond motifs is 1. The highest BCUT2D eigenvalue weighted by Crippen LogP contribution is 2.23. The number of para-hydroxylation sites is 1. The van der Waals surface area contributed by atoms with Gasteiger partial charge >= 0.3 is 5.97 Å². The number of ether oxygens (including phenoxy) is 1. The number of benzene rings is 1. The quantitative estimate of drug-likeness (QED) is 0.764. The van der Waals surface area contributed by atoms with E-state index in [2.05, 4.69) is 11.9 Å². The molecule has 0 amide bonds. The second kappa shape index (κ2) is 3.91. The lowest BCUT2D eigenvalue weighted by Crippen LogP contribution is -2.24. The van der Waals surface area contributed by atoms with Crippen LogP contribution in [-0.4, -0.2) is 16.6 Å². The molecule has 2 aromatic rings. The van der Waals surface area contributed by atoms with Gasteiger partial charge in [-0.25, -0.2) is 4.79 Å². The highest BCUT2D eigenvalue weighted by Gasteiger charge is 2.21. The highest BCUT2D eigenvalue weighted by atomic mass is 16.6. The molecule has 0 aliphatic carbocycles. The van der Waals surface area contributed by atoms with Gasteiger partial charge in [0.05, 0.1) is 0 Å². The van der Waals surface area contributed by atoms with Crippen LogP contribution in [0.4, 0.5) is 0 Å². The fraction of sp³-hybridized carbons (Fsp3) is 0.286. The van der Waals surface area contributed by atoms with E-state index in [0.29, 0.717) is 11.3 Å². The Morgan fingerprint density at radius 2 is 1.94 bits per heavy atom. The monoisotopic (exact) mass is 230 g/mol. The predicted octanol–water partition coefficient (Wildman–Crippen LogP) is 3.31. The van der Waals surface area contributed by atoms with Crippen LogP contribution in [0.25, 0.3) is 10.9 Å². The van der Waals surface area contributed by atoms with Crippen molar-refractivity contribution in [2.75, 3.05) is 0 Å². The van der Waals surface area contributed by atoms with Gasteiger partial charge in [0.25, 0.3) is 0 Å². The van der Waals surface area contributed by atoms with Gasteiger partial charge in [0.15, 0.2) is 0 Å². The Kier molecular flexibility index (Phi) is 2.69. The minimum Gasteiger partial charge on any atom is -0.455 e. The zero-order chi connectivity index (χ0) is 12.6. The molecule has 0 aliphatic rings. The van der Waals surface area contributed by atoms with Gasteiger partial charge in [-0.1, -0.05) is 18.2 Å². The Morgan fingerprint density at radius 3 is 2.53 bits per heavy atom. The van der Waals surface area contributed by atoms with Crippen molar-refractivity contribution >= 4 is 16.9 Å². The summed E-state index contributed by atoms with van der Waals surface area (Å²) in [4.78, 5) is 15.0. The number of hydrogen-bond donors (Lipinski definition) is 1. The first-order valence-corrected chi connectivity index (χ1v) is 5.54. The molecular weight excluding hydrogens is 214 g/mol. The molecular formula is C14H16NO2. The van der Waals surface area contributed by atoms with Crippen LogP contribution in [0.3, 0.4) is 0 Å². The van der Waals surface area contributed by atoms with Gasteiger partial charge < -0.3 is 9.72 Å². The van der Waals surface area contributed by atoms with Gasteiger partial charge in [-0.2, -0.15) is 0 Å². The Labute approximate surface area is 101 Å². The molecule has 0 aliphatic heterocycles. The van der Waals surface area contributed by atoms with Gasteiger partial charge in [0, 0.05) is 10.9 Å². The number of hydrogen-bond acceptors (Lipinski definition) is 2. The van der Waals surface area contributed by atoms with Crippen LogP contribution in [0.15, 0.2) is 24.3 Å². The molecule has 0 bridgehead atoms. The van der Waals surface area contributed by atoms with Crippen LogP contribution in [-0.2, 0) is 4.74 Å². The summed E-state index contributed by atoms with van der Waals surface area (Å²) in [6.07, 6.45) is 0. The van der Waals surface area contributed by atoms with Crippen LogP contribution >= 0.6 is 0 Å². The Balaban J connectivity index is 2.43. The largest absolute Gasteiger partial charge is 0.455 e. The maximum Gasteiger partial charge on any atom is 0.355 e. The normalized spacial score (nSPS) is 11.8. The van der Waals surface area contributed by atoms with Gasteiger partial charge in [-0.15, -0.1) is 0 Å². The molecule has 2 rings (SSSR count). The lowest BCUT2D eigenvalue weighted by atomic mass is 10.1. The minimum absolute atomic E-state index is 0.362. The number of rotatable bonds is 1. The lowest BCUT2D eigenvalue weighted by molar-refractivity contribution is 0.00635. The Morgan fingerprint density at radius 1 is 1.29 bits per heavy atom. The van der Waals surface area contributed by atoms with E-state index in [1.54, 1.807) is 0 Å². The van der Waals surface area contributed by atoms with Gasteiger partial charge in [0.1, 0.15) is 11.3 Å². The van der Waals surface area contributed by atoms with Crippen molar-refractivity contribution in [1.29, 1.82) is 0 Å². The molecule has 0 fully saturated rings. The van der Waals surface area contributed by atoms with Crippen molar-refractivity contribution in [3.05, 3.63) is 42.4 Å². The lowest BCUT2D eigenvalue weighted by Gasteiger charge is -2.19. The number of esters is 1. The van der Waals surface area contributed by atoms with Crippen LogP contribution < -0.4 is 0 Å². The fourth-order valence-corrected chi connectivity index (χ4v) is 1.70. The molecule has 0 unspecified atom stereocenters. The molecule has 17 heavy (non-hydrogen) atoms. The van der Waals surface area contributed by atoms with E-state index < -0.39 is 5.60 Å². The van der Waals surface area contributed by atoms with Crippen LogP contribution in [0, 0.1) is 6.92 Å². The molecule has 1 radical (unpaired) electrons. The highest BCUT2D eigenvalue weighted by molar-refractivity contribution is 5.98. The third-order valence-electron chi connectivity index (χ3n) is 2.42. The van der Waals surface area contributed by atoms with E-state index in [-0.39, 0.29) is 5.97 Å². The van der Waals surface area contributed by atoms with E-state index in [1.807, 2.05) is 45.0 Å². The molecule has 0 atom stereocenters. The van der Waals surface area contributed by atoms with Crippen molar-refractivity contribution in [2.24, 2.45) is 0 Å². The molecule has 1 aromatic carbocycles. The number of H-pyrrole nitrogens is 1. The van der Waals surface area contributed by atoms with E-state index in [4.69, 9.17) is 4.74 Å². The molecule has 0 spiro atoms. The molecule has 0 saturated carbocycles. The second-order valence-electron chi connectivity index (χ2n) is 5.03. The van der Waals surface area contributed by atoms with Crippen LogP contribution in [0.1, 0.15) is 36.8 Å². The number of aromatic amines is 1. The summed E-state index contributed by atoms with van der Waals surface area (Å²) in [7, 11) is 0. The second-order valence-corrected chi connectivity index (χ2v) is 5.03. The first-order valence-electron chi connectivity index (χ1n) is 5.54. The zero-order valence-electron chi connectivity index (χ0n) is 10.3. The SMILES string of the molecule is [CH2]c1c(C(=O)OC(C)(C)C)[nH]c2ccccc12. The summed E-state index contributed by atoms with van der Waals surface area (Å²) >= 11 is 0. The maximum atomic E-state index is 12.0. The minimum atomic E-state index is -0.499. The summed E-state index contributed by atoms with van der Waals surface area (Å²) < 4.78 is 5.32. The number of carbonyl (C=O) groups excluding carboxylic acids is 1. The van der Waals surface area contributed by atoms with E-state index >= 15 is 0 Å². The summed E-state index contributed by atoms with van der Waals surface area (Å²) in [6.45, 7) is 9.46. The van der Waals surface area contributed by atoms with Gasteiger partial charge in [0.2, 0.25) is 0 Å². The first kappa shape index (κ1) is 11.7. The van der Waals surface area contributed by atoms with E-state index in [0.717, 1.165) is 10.9 Å². The van der Waals surface area contributed by atoms with Gasteiger partial charge in [-0.05, 0) is 39.3 Å². The van der Waals surface area contributed by atoms with Crippen molar-refractivity contribution in [3.63, 3.8) is 0 Å². The Bertz CT molecular complexity index is 561. The maximum absolute atomic E-state index is 12.0. The third kappa shape index (κ3) is 2.33. The summed E-state index contributed by atoms with van der Waals surface area (Å²) in [5, 5.41) is 0.952. The summed E-state index contributed by atoms with van der Waals surface area (Å²) in [6, 6.07) is 7.68. The smallest absolute Gasteiger partial charge is 0.355 e. The molecule has 3 heteroatoms. The molecule has 0 saturated heterocycles. The Hall–Kier alpha value is -1.77. The molecule has 3 nitrogen and oxygen atoms in total. The average molecular weight is 230 g/mol. The van der Waals surface area contributed by atoms with Crippen molar-refractivity contribution in [3.8, 4) is 0 Å². The molecule has 1 aromatic heterocycles. The van der Waals surface area contributed by atoms with Crippen molar-refractivity contribution in [1.82, 2.24) is 4.98 Å². The summed E-state index contributed by atoms with van der Waals surface area (Å²) in [5.74, 6) is -0.362. The fourth-order valence-electron chi connectivity index (χ4n) is 1.70. The first-order chi connectivity index (χ1) is 7.88. The topological polar surface area (TPSA) is 42.1 Å². The molecule has 1 N–H and O–H groups in total. The van der Waals surface area contributed by atoms with Crippen LogP contribution in [0.2, 0.25) is 0 Å². The number of carbonyl (C=O) groups is 1. The van der Waals surface area contributed by atoms with Crippen LogP contribution in [0.5, 0.6) is 0 Å². The van der Waals surface area contributed by atoms with Crippen molar-refractivity contribution in [2.45, 2.75) is 26.4 Å². The summed E-state index contributed by atoms with van der Waals surface area (Å²) in [5.41, 5.74) is 1.52. The number of aromatic nitrogens is 1. The number of nitrogens with one attached hydrogen (secondary N) is 1. The van der Waals surface area contributed by atoms with E-state index in [1.165, 1.54) is 0 Å². The average Bonchev–Trinajstić information content (AvgIpc) is 2.55. The molecule has 1 heterocycles. The zero-order valence-corrected chi connectivity index (χ0v) is 10.3. The van der Waals surface area contributed by atoms with Gasteiger partial charge in [-0.3, -0.25) is 0 Å². The standard InChI is InChI=1S/C14H16NO2/c1-9-10-7-5-6-8-11(10)15-12(9)13(16)17-14(2,3)4/h5-8,15H,1H2,2-4H3. The van der Waals surface area contributed by atoms with E-state index in [9.17, 15) is 4.79 Å². The third-order valence-corrected chi connectivity index (χ3v) is 2.42. The molecule has 89 valence electrons.